The van der Waals surface area contributed by atoms with Crippen molar-refractivity contribution in [2.75, 3.05) is 25.6 Å². The minimum absolute atomic E-state index is 0.0822. The number of hydrogen-bond donors (Lipinski definition) is 1. The maximum Gasteiger partial charge on any atom is 0.338 e. The summed E-state index contributed by atoms with van der Waals surface area (Å²) in [4.78, 5) is 39.3. The lowest BCUT2D eigenvalue weighted by atomic mass is 10.1. The highest BCUT2D eigenvalue weighted by Crippen LogP contribution is 2.33. The van der Waals surface area contributed by atoms with E-state index in [1.807, 2.05) is 37.3 Å². The largest absolute Gasteiger partial charge is 0.497 e. The van der Waals surface area contributed by atoms with Gasteiger partial charge < -0.3 is 14.8 Å². The Morgan fingerprint density at radius 3 is 2.43 bits per heavy atom. The van der Waals surface area contributed by atoms with Crippen molar-refractivity contribution < 1.29 is 23.9 Å². The summed E-state index contributed by atoms with van der Waals surface area (Å²) >= 11 is 6.72. The number of benzene rings is 2. The maximum atomic E-state index is 12.8. The van der Waals surface area contributed by atoms with Crippen LogP contribution < -0.4 is 10.1 Å². The van der Waals surface area contributed by atoms with Crippen LogP contribution in [0, 0.1) is 0 Å². The van der Waals surface area contributed by atoms with Gasteiger partial charge in [-0.25, -0.2) is 4.79 Å². The molecule has 1 N–H and O–H groups in total. The summed E-state index contributed by atoms with van der Waals surface area (Å²) in [6.45, 7) is 2.97. The standard InChI is InChI=1S/C28H32N2O5S2/c1-3-4-18-35-27(33)21-11-13-22(14-12-21)29-25(31)8-6-5-7-17-30-26(32)24(37-28(30)36)19-20-9-15-23(34-2)16-10-20/h9-16,19H,3-8,17-18H2,1-2H3,(H,29,31)/b24-19-. The molecule has 3 rings (SSSR count). The minimum atomic E-state index is -0.357. The normalized spacial score (nSPS) is 14.2. The number of carbonyl (C=O) groups is 3. The van der Waals surface area contributed by atoms with Crippen molar-refractivity contribution in [3.05, 3.63) is 64.6 Å². The predicted octanol–water partition coefficient (Wildman–Crippen LogP) is 6.05. The van der Waals surface area contributed by atoms with E-state index in [1.54, 1.807) is 36.3 Å². The molecular weight excluding hydrogens is 508 g/mol. The number of nitrogens with zero attached hydrogens (tertiary/aromatic N) is 1. The quantitative estimate of drug-likeness (QED) is 0.143. The van der Waals surface area contributed by atoms with Crippen molar-refractivity contribution in [1.82, 2.24) is 4.90 Å². The smallest absolute Gasteiger partial charge is 0.338 e. The predicted molar refractivity (Wildman–Crippen MR) is 152 cm³/mol. The van der Waals surface area contributed by atoms with Gasteiger partial charge in [0.15, 0.2) is 0 Å². The first-order valence-corrected chi connectivity index (χ1v) is 13.6. The van der Waals surface area contributed by atoms with Gasteiger partial charge in [0.05, 0.1) is 24.2 Å². The van der Waals surface area contributed by atoms with Crippen molar-refractivity contribution in [3.8, 4) is 5.75 Å². The number of thiocarbonyl (C=S) groups is 1. The Kier molecular flexibility index (Phi) is 11.2. The molecule has 0 saturated carbocycles. The molecule has 0 spiro atoms. The number of rotatable bonds is 13. The second kappa shape index (κ2) is 14.5. The van der Waals surface area contributed by atoms with E-state index in [2.05, 4.69) is 5.32 Å². The van der Waals surface area contributed by atoms with Gasteiger partial charge in [-0.15, -0.1) is 0 Å². The summed E-state index contributed by atoms with van der Waals surface area (Å²) in [6.07, 6.45) is 6.26. The molecule has 37 heavy (non-hydrogen) atoms. The Balaban J connectivity index is 1.36. The number of hydrogen-bond acceptors (Lipinski definition) is 7. The molecule has 2 amide bonds. The first-order valence-electron chi connectivity index (χ1n) is 12.4. The molecule has 1 heterocycles. The third kappa shape index (κ3) is 8.72. The molecule has 2 aromatic rings. The van der Waals surface area contributed by atoms with E-state index in [4.69, 9.17) is 21.7 Å². The Hall–Kier alpha value is -3.17. The number of thioether (sulfide) groups is 1. The van der Waals surface area contributed by atoms with Crippen molar-refractivity contribution in [2.45, 2.75) is 45.4 Å². The van der Waals surface area contributed by atoms with E-state index in [9.17, 15) is 14.4 Å². The average Bonchev–Trinajstić information content (AvgIpc) is 3.16. The van der Waals surface area contributed by atoms with Crippen LogP contribution in [0.4, 0.5) is 5.69 Å². The number of esters is 1. The van der Waals surface area contributed by atoms with E-state index < -0.39 is 0 Å². The van der Waals surface area contributed by atoms with Gasteiger partial charge in [-0.05, 0) is 67.3 Å². The van der Waals surface area contributed by atoms with E-state index in [0.717, 1.165) is 37.0 Å². The molecule has 0 atom stereocenters. The van der Waals surface area contributed by atoms with E-state index in [1.165, 1.54) is 11.8 Å². The zero-order chi connectivity index (χ0) is 26.6. The summed E-state index contributed by atoms with van der Waals surface area (Å²) < 4.78 is 10.9. The van der Waals surface area contributed by atoms with Gasteiger partial charge in [-0.2, -0.15) is 0 Å². The third-order valence-electron chi connectivity index (χ3n) is 5.71. The van der Waals surface area contributed by atoms with Crippen LogP contribution in [0.5, 0.6) is 5.75 Å². The highest BCUT2D eigenvalue weighted by Gasteiger charge is 2.31. The van der Waals surface area contributed by atoms with Crippen molar-refractivity contribution >= 4 is 57.8 Å². The Morgan fingerprint density at radius 2 is 1.76 bits per heavy atom. The number of anilines is 1. The van der Waals surface area contributed by atoms with Crippen LogP contribution in [0.15, 0.2) is 53.4 Å². The molecule has 0 aromatic heterocycles. The topological polar surface area (TPSA) is 84.9 Å². The second-order valence-electron chi connectivity index (χ2n) is 8.53. The highest BCUT2D eigenvalue weighted by molar-refractivity contribution is 8.26. The number of nitrogens with one attached hydrogen (secondary N) is 1. The molecule has 0 unspecified atom stereocenters. The molecule has 0 radical (unpaired) electrons. The van der Waals surface area contributed by atoms with E-state index in [-0.39, 0.29) is 17.8 Å². The molecule has 0 bridgehead atoms. The number of unbranched alkanes of at least 4 members (excludes halogenated alkanes) is 3. The molecule has 0 aliphatic carbocycles. The van der Waals surface area contributed by atoms with Gasteiger partial charge in [0.25, 0.3) is 5.91 Å². The van der Waals surface area contributed by atoms with Crippen LogP contribution in [-0.4, -0.2) is 47.3 Å². The Bertz CT molecular complexity index is 1130. The third-order valence-corrected chi connectivity index (χ3v) is 7.09. The number of methoxy groups -OCH3 is 1. The number of carbonyl (C=O) groups excluding carboxylic acids is 3. The molecule has 9 heteroatoms. The Morgan fingerprint density at radius 1 is 1.03 bits per heavy atom. The van der Waals surface area contributed by atoms with Crippen LogP contribution in [0.1, 0.15) is 61.4 Å². The van der Waals surface area contributed by atoms with Crippen molar-refractivity contribution in [2.24, 2.45) is 0 Å². The van der Waals surface area contributed by atoms with Crippen LogP contribution in [0.25, 0.3) is 6.08 Å². The lowest BCUT2D eigenvalue weighted by Crippen LogP contribution is -2.29. The van der Waals surface area contributed by atoms with Gasteiger partial charge in [0.1, 0.15) is 10.1 Å². The average molecular weight is 541 g/mol. The lowest BCUT2D eigenvalue weighted by Gasteiger charge is -2.14. The molecule has 7 nitrogen and oxygen atoms in total. The summed E-state index contributed by atoms with van der Waals surface area (Å²) in [5, 5.41) is 2.85. The molecule has 1 saturated heterocycles. The number of ether oxygens (including phenoxy) is 2. The molecule has 2 aromatic carbocycles. The van der Waals surface area contributed by atoms with Gasteiger partial charge in [-0.1, -0.05) is 55.9 Å². The highest BCUT2D eigenvalue weighted by atomic mass is 32.2. The van der Waals surface area contributed by atoms with Gasteiger partial charge in [0.2, 0.25) is 5.91 Å². The van der Waals surface area contributed by atoms with Crippen molar-refractivity contribution in [3.63, 3.8) is 0 Å². The summed E-state index contributed by atoms with van der Waals surface area (Å²) in [7, 11) is 1.61. The van der Waals surface area contributed by atoms with Crippen LogP contribution in [-0.2, 0) is 14.3 Å². The number of amides is 2. The van der Waals surface area contributed by atoms with Crippen molar-refractivity contribution in [1.29, 1.82) is 0 Å². The van der Waals surface area contributed by atoms with Gasteiger partial charge >= 0.3 is 5.97 Å². The monoisotopic (exact) mass is 540 g/mol. The fourth-order valence-electron chi connectivity index (χ4n) is 3.58. The summed E-state index contributed by atoms with van der Waals surface area (Å²) in [6, 6.07) is 14.2. The first kappa shape index (κ1) is 28.4. The minimum Gasteiger partial charge on any atom is -0.497 e. The summed E-state index contributed by atoms with van der Waals surface area (Å²) in [5.41, 5.74) is 2.01. The first-order chi connectivity index (χ1) is 17.9. The fourth-order valence-corrected chi connectivity index (χ4v) is 4.89. The van der Waals surface area contributed by atoms with Crippen LogP contribution >= 0.6 is 24.0 Å². The molecule has 1 aliphatic rings. The SMILES string of the molecule is CCCCOC(=O)c1ccc(NC(=O)CCCCCN2C(=O)/C(=C/c3ccc(OC)cc3)SC2=S)cc1. The van der Waals surface area contributed by atoms with Crippen LogP contribution in [0.2, 0.25) is 0 Å². The van der Waals surface area contributed by atoms with Crippen LogP contribution in [0.3, 0.4) is 0 Å². The zero-order valence-corrected chi connectivity index (χ0v) is 22.8. The maximum absolute atomic E-state index is 12.8. The van der Waals surface area contributed by atoms with Gasteiger partial charge in [0, 0.05) is 18.7 Å². The molecular formula is C28H32N2O5S2. The Labute approximate surface area is 227 Å². The molecule has 1 aliphatic heterocycles. The fraction of sp³-hybridized carbons (Fsp3) is 0.357. The zero-order valence-electron chi connectivity index (χ0n) is 21.2. The molecule has 196 valence electrons. The van der Waals surface area contributed by atoms with E-state index >= 15 is 0 Å². The summed E-state index contributed by atoms with van der Waals surface area (Å²) in [5.74, 6) is 0.229. The van der Waals surface area contributed by atoms with Gasteiger partial charge in [-0.3, -0.25) is 14.5 Å². The molecule has 1 fully saturated rings. The second-order valence-corrected chi connectivity index (χ2v) is 10.2. The van der Waals surface area contributed by atoms with E-state index in [0.29, 0.717) is 46.5 Å². The lowest BCUT2D eigenvalue weighted by molar-refractivity contribution is -0.122.